The Morgan fingerprint density at radius 3 is 2.50 bits per heavy atom. The largest absolute Gasteiger partial charge is 0.497 e. The molecule has 4 rings (SSSR count). The Balaban J connectivity index is 1.52. The number of piperidine rings is 1. The lowest BCUT2D eigenvalue weighted by Gasteiger charge is -2.44. The normalized spacial score (nSPS) is 18.0. The SMILES string of the molecule is COc1ccc2c(c1)OC1(CCN(C(=O)c3ccccc3C(F)(F)F)CC1)CC2=O. The van der Waals surface area contributed by atoms with Crippen molar-refractivity contribution >= 4 is 11.7 Å². The van der Waals surface area contributed by atoms with E-state index in [2.05, 4.69) is 0 Å². The van der Waals surface area contributed by atoms with Gasteiger partial charge in [0.1, 0.15) is 17.1 Å². The van der Waals surface area contributed by atoms with Crippen LogP contribution >= 0.6 is 0 Å². The van der Waals surface area contributed by atoms with Gasteiger partial charge in [-0.3, -0.25) is 9.59 Å². The molecule has 0 saturated carbocycles. The second kappa shape index (κ2) is 7.34. The highest BCUT2D eigenvalue weighted by molar-refractivity contribution is 6.00. The number of nitrogens with zero attached hydrogens (tertiary/aromatic N) is 1. The van der Waals surface area contributed by atoms with Crippen LogP contribution in [-0.2, 0) is 6.18 Å². The van der Waals surface area contributed by atoms with Gasteiger partial charge >= 0.3 is 6.18 Å². The van der Waals surface area contributed by atoms with Crippen LogP contribution in [0.25, 0.3) is 0 Å². The van der Waals surface area contributed by atoms with Crippen molar-refractivity contribution in [2.24, 2.45) is 0 Å². The van der Waals surface area contributed by atoms with Gasteiger partial charge in [0.2, 0.25) is 0 Å². The lowest BCUT2D eigenvalue weighted by Crippen LogP contribution is -2.52. The van der Waals surface area contributed by atoms with Gasteiger partial charge in [-0.2, -0.15) is 13.2 Å². The molecule has 1 spiro atoms. The second-order valence-corrected chi connectivity index (χ2v) is 7.58. The number of benzene rings is 2. The van der Waals surface area contributed by atoms with Gasteiger partial charge in [-0.15, -0.1) is 0 Å². The van der Waals surface area contributed by atoms with E-state index < -0.39 is 23.2 Å². The van der Waals surface area contributed by atoms with Crippen LogP contribution in [0.2, 0.25) is 0 Å². The molecule has 1 saturated heterocycles. The highest BCUT2D eigenvalue weighted by Crippen LogP contribution is 2.41. The molecule has 0 aromatic heterocycles. The van der Waals surface area contributed by atoms with Gasteiger partial charge in [0, 0.05) is 32.0 Å². The Morgan fingerprint density at radius 2 is 1.83 bits per heavy atom. The first-order valence-electron chi connectivity index (χ1n) is 9.58. The van der Waals surface area contributed by atoms with Crippen molar-refractivity contribution in [2.75, 3.05) is 20.2 Å². The zero-order valence-electron chi connectivity index (χ0n) is 16.3. The Labute approximate surface area is 171 Å². The first-order chi connectivity index (χ1) is 14.2. The van der Waals surface area contributed by atoms with E-state index in [9.17, 15) is 22.8 Å². The van der Waals surface area contributed by atoms with Gasteiger partial charge < -0.3 is 14.4 Å². The van der Waals surface area contributed by atoms with Crippen molar-refractivity contribution in [3.05, 3.63) is 59.2 Å². The van der Waals surface area contributed by atoms with Crippen LogP contribution in [0.4, 0.5) is 13.2 Å². The quantitative estimate of drug-likeness (QED) is 0.726. The van der Waals surface area contributed by atoms with Gasteiger partial charge in [0.25, 0.3) is 5.91 Å². The van der Waals surface area contributed by atoms with E-state index in [4.69, 9.17) is 9.47 Å². The molecule has 0 N–H and O–H groups in total. The number of carbonyl (C=O) groups excluding carboxylic acids is 2. The molecule has 1 fully saturated rings. The molecule has 2 aromatic carbocycles. The standard InChI is InChI=1S/C22H20F3NO4/c1-29-14-6-7-16-18(27)13-21(30-19(16)12-14)8-10-26(11-9-21)20(28)15-4-2-3-5-17(15)22(23,24)25/h2-7,12H,8-11,13H2,1H3. The van der Waals surface area contributed by atoms with Crippen LogP contribution in [0.5, 0.6) is 11.5 Å². The number of Topliss-reactive ketones (excluding diaryl/α,β-unsaturated/α-hetero) is 1. The van der Waals surface area contributed by atoms with Gasteiger partial charge in [-0.05, 0) is 24.3 Å². The molecule has 30 heavy (non-hydrogen) atoms. The van der Waals surface area contributed by atoms with E-state index >= 15 is 0 Å². The third-order valence-corrected chi connectivity index (χ3v) is 5.72. The smallest absolute Gasteiger partial charge is 0.417 e. The number of rotatable bonds is 2. The number of fused-ring (bicyclic) bond motifs is 1. The van der Waals surface area contributed by atoms with Gasteiger partial charge in [-0.1, -0.05) is 12.1 Å². The maximum absolute atomic E-state index is 13.3. The van der Waals surface area contributed by atoms with Crippen molar-refractivity contribution in [2.45, 2.75) is 31.0 Å². The van der Waals surface area contributed by atoms with E-state index in [1.54, 1.807) is 18.2 Å². The lowest BCUT2D eigenvalue weighted by atomic mass is 9.82. The van der Waals surface area contributed by atoms with Crippen LogP contribution in [0.1, 0.15) is 45.5 Å². The number of ether oxygens (including phenoxy) is 2. The molecule has 158 valence electrons. The number of halogens is 3. The van der Waals surface area contributed by atoms with Crippen molar-refractivity contribution in [3.63, 3.8) is 0 Å². The summed E-state index contributed by atoms with van der Waals surface area (Å²) in [6, 6.07) is 9.79. The average Bonchev–Trinajstić information content (AvgIpc) is 2.72. The monoisotopic (exact) mass is 419 g/mol. The Bertz CT molecular complexity index is 994. The summed E-state index contributed by atoms with van der Waals surface area (Å²) < 4.78 is 51.2. The van der Waals surface area contributed by atoms with Crippen molar-refractivity contribution < 1.29 is 32.2 Å². The second-order valence-electron chi connectivity index (χ2n) is 7.58. The van der Waals surface area contributed by atoms with Crippen LogP contribution in [0.3, 0.4) is 0 Å². The summed E-state index contributed by atoms with van der Waals surface area (Å²) in [5, 5.41) is 0. The third-order valence-electron chi connectivity index (χ3n) is 5.72. The van der Waals surface area contributed by atoms with Crippen LogP contribution < -0.4 is 9.47 Å². The van der Waals surface area contributed by atoms with Crippen LogP contribution in [0.15, 0.2) is 42.5 Å². The van der Waals surface area contributed by atoms with Crippen LogP contribution in [0, 0.1) is 0 Å². The summed E-state index contributed by atoms with van der Waals surface area (Å²) in [5.41, 5.74) is -1.59. The first kappa shape index (κ1) is 20.3. The molecule has 0 atom stereocenters. The minimum atomic E-state index is -4.61. The summed E-state index contributed by atoms with van der Waals surface area (Å²) in [4.78, 5) is 26.8. The maximum atomic E-state index is 13.3. The van der Waals surface area contributed by atoms with E-state index in [0.717, 1.165) is 6.07 Å². The first-order valence-corrected chi connectivity index (χ1v) is 9.58. The molecule has 0 radical (unpaired) electrons. The topological polar surface area (TPSA) is 55.8 Å². The molecule has 2 aliphatic heterocycles. The molecular formula is C22H20F3NO4. The maximum Gasteiger partial charge on any atom is 0.417 e. The Hall–Kier alpha value is -3.03. The number of alkyl halides is 3. The molecule has 1 amide bonds. The van der Waals surface area contributed by atoms with Gasteiger partial charge in [-0.25, -0.2) is 0 Å². The number of carbonyl (C=O) groups is 2. The number of ketones is 1. The fourth-order valence-electron chi connectivity index (χ4n) is 4.08. The van der Waals surface area contributed by atoms with E-state index in [1.165, 1.54) is 30.2 Å². The fraction of sp³-hybridized carbons (Fsp3) is 0.364. The van der Waals surface area contributed by atoms with Crippen molar-refractivity contribution in [1.29, 1.82) is 0 Å². The highest BCUT2D eigenvalue weighted by Gasteiger charge is 2.44. The van der Waals surface area contributed by atoms with Crippen LogP contribution in [-0.4, -0.2) is 42.4 Å². The third kappa shape index (κ3) is 3.62. The lowest BCUT2D eigenvalue weighted by molar-refractivity contribution is -0.138. The van der Waals surface area contributed by atoms with Gasteiger partial charge in [0.15, 0.2) is 5.78 Å². The Kier molecular flexibility index (Phi) is 4.95. The highest BCUT2D eigenvalue weighted by atomic mass is 19.4. The summed E-state index contributed by atoms with van der Waals surface area (Å²) in [6.07, 6.45) is -3.72. The number of likely N-dealkylation sites (tertiary alicyclic amines) is 1. The summed E-state index contributed by atoms with van der Waals surface area (Å²) in [6.45, 7) is 0.412. The number of hydrogen-bond donors (Lipinski definition) is 0. The number of methoxy groups -OCH3 is 1. The zero-order valence-corrected chi connectivity index (χ0v) is 16.3. The van der Waals surface area contributed by atoms with Crippen molar-refractivity contribution in [1.82, 2.24) is 4.90 Å². The van der Waals surface area contributed by atoms with E-state index in [0.29, 0.717) is 29.9 Å². The number of hydrogen-bond acceptors (Lipinski definition) is 4. The molecule has 8 heteroatoms. The van der Waals surface area contributed by atoms with E-state index in [-0.39, 0.29) is 30.9 Å². The zero-order chi connectivity index (χ0) is 21.5. The Morgan fingerprint density at radius 1 is 1.13 bits per heavy atom. The minimum Gasteiger partial charge on any atom is -0.497 e. The summed E-state index contributed by atoms with van der Waals surface area (Å²) in [5.74, 6) is 0.283. The minimum absolute atomic E-state index is 0.0545. The summed E-state index contributed by atoms with van der Waals surface area (Å²) in [7, 11) is 1.52. The average molecular weight is 419 g/mol. The number of amides is 1. The van der Waals surface area contributed by atoms with Crippen molar-refractivity contribution in [3.8, 4) is 11.5 Å². The molecule has 2 aliphatic rings. The predicted molar refractivity (Wildman–Crippen MR) is 102 cm³/mol. The molecule has 0 bridgehead atoms. The molecule has 2 aromatic rings. The molecule has 2 heterocycles. The molecule has 0 unspecified atom stereocenters. The van der Waals surface area contributed by atoms with Gasteiger partial charge in [0.05, 0.1) is 30.2 Å². The predicted octanol–water partition coefficient (Wildman–Crippen LogP) is 4.35. The molecule has 5 nitrogen and oxygen atoms in total. The molecule has 0 aliphatic carbocycles. The fourth-order valence-corrected chi connectivity index (χ4v) is 4.08. The van der Waals surface area contributed by atoms with E-state index in [1.807, 2.05) is 0 Å². The summed E-state index contributed by atoms with van der Waals surface area (Å²) >= 11 is 0. The molecular weight excluding hydrogens is 399 g/mol.